The number of methoxy groups -OCH3 is 1. The van der Waals surface area contributed by atoms with Crippen molar-refractivity contribution in [3.05, 3.63) is 75.5 Å². The lowest BCUT2D eigenvalue weighted by Crippen LogP contribution is -1.99. The molecule has 0 bridgehead atoms. The lowest BCUT2D eigenvalue weighted by atomic mass is 9.99. The molecule has 0 radical (unpaired) electrons. The fraction of sp³-hybridized carbons (Fsp3) is 0.190. The van der Waals surface area contributed by atoms with Crippen LogP contribution in [0.25, 0.3) is 11.1 Å². The van der Waals surface area contributed by atoms with Gasteiger partial charge in [-0.05, 0) is 23.3 Å². The summed E-state index contributed by atoms with van der Waals surface area (Å²) in [5.74, 6) is 0.472. The van der Waals surface area contributed by atoms with Crippen molar-refractivity contribution in [2.24, 2.45) is 0 Å². The van der Waals surface area contributed by atoms with Crippen LogP contribution < -0.4 is 4.74 Å². The number of hydrogen-bond donors (Lipinski definition) is 0. The van der Waals surface area contributed by atoms with E-state index in [4.69, 9.17) is 14.2 Å². The maximum Gasteiger partial charge on any atom is 0.348 e. The van der Waals surface area contributed by atoms with Crippen LogP contribution in [0.2, 0.25) is 0 Å². The van der Waals surface area contributed by atoms with Gasteiger partial charge in [0.05, 0.1) is 20.3 Å². The smallest absolute Gasteiger partial charge is 0.348 e. The summed E-state index contributed by atoms with van der Waals surface area (Å²) in [5, 5.41) is 0. The summed E-state index contributed by atoms with van der Waals surface area (Å²) in [7, 11) is 1.39. The molecule has 0 unspecified atom stereocenters. The zero-order chi connectivity index (χ0) is 17.9. The van der Waals surface area contributed by atoms with E-state index in [1.54, 1.807) is 0 Å². The first-order valence-corrected chi connectivity index (χ1v) is 9.15. The Balaban J connectivity index is 1.73. The Hall–Kier alpha value is -2.63. The second-order valence-electron chi connectivity index (χ2n) is 6.00. The molecule has 0 saturated carbocycles. The Morgan fingerprint density at radius 3 is 2.77 bits per heavy atom. The number of carbonyl (C=O) groups is 1. The third kappa shape index (κ3) is 3.23. The van der Waals surface area contributed by atoms with Crippen LogP contribution in [0, 0.1) is 0 Å². The number of thiophene rings is 1. The highest BCUT2D eigenvalue weighted by Gasteiger charge is 2.23. The van der Waals surface area contributed by atoms with Crippen LogP contribution in [0.4, 0.5) is 0 Å². The third-order valence-electron chi connectivity index (χ3n) is 4.31. The summed E-state index contributed by atoms with van der Waals surface area (Å²) < 4.78 is 16.8. The van der Waals surface area contributed by atoms with Crippen molar-refractivity contribution in [3.8, 4) is 16.9 Å². The highest BCUT2D eigenvalue weighted by atomic mass is 32.1. The van der Waals surface area contributed by atoms with Gasteiger partial charge in [-0.1, -0.05) is 42.5 Å². The van der Waals surface area contributed by atoms with Gasteiger partial charge >= 0.3 is 5.97 Å². The van der Waals surface area contributed by atoms with Crippen molar-refractivity contribution < 1.29 is 19.0 Å². The molecule has 1 aromatic heterocycles. The quantitative estimate of drug-likeness (QED) is 0.622. The van der Waals surface area contributed by atoms with Crippen molar-refractivity contribution in [2.75, 3.05) is 7.11 Å². The number of hydrogen-bond acceptors (Lipinski definition) is 5. The molecule has 26 heavy (non-hydrogen) atoms. The van der Waals surface area contributed by atoms with Crippen molar-refractivity contribution in [1.29, 1.82) is 0 Å². The van der Waals surface area contributed by atoms with Crippen molar-refractivity contribution in [2.45, 2.75) is 19.8 Å². The molecule has 3 aromatic rings. The van der Waals surface area contributed by atoms with Crippen LogP contribution in [0.5, 0.6) is 5.75 Å². The first-order chi connectivity index (χ1) is 12.8. The number of fused-ring (bicyclic) bond motifs is 3. The minimum Gasteiger partial charge on any atom is -0.488 e. The fourth-order valence-electron chi connectivity index (χ4n) is 3.06. The van der Waals surface area contributed by atoms with Crippen LogP contribution in [0.3, 0.4) is 0 Å². The summed E-state index contributed by atoms with van der Waals surface area (Å²) in [6, 6.07) is 17.9. The second kappa shape index (κ2) is 7.32. The Morgan fingerprint density at radius 2 is 1.96 bits per heavy atom. The van der Waals surface area contributed by atoms with E-state index in [0.717, 1.165) is 32.9 Å². The minimum atomic E-state index is -0.327. The van der Waals surface area contributed by atoms with E-state index in [9.17, 15) is 4.79 Å². The molecule has 5 heteroatoms. The van der Waals surface area contributed by atoms with Gasteiger partial charge in [0, 0.05) is 16.0 Å². The van der Waals surface area contributed by atoms with E-state index in [0.29, 0.717) is 24.7 Å². The van der Waals surface area contributed by atoms with E-state index in [-0.39, 0.29) is 5.97 Å². The van der Waals surface area contributed by atoms with Gasteiger partial charge in [0.25, 0.3) is 0 Å². The first-order valence-electron chi connectivity index (χ1n) is 8.34. The topological polar surface area (TPSA) is 44.8 Å². The molecule has 132 valence electrons. The standard InChI is InChI=1S/C21H18O4S/c1-23-21(22)18-10-16-19(26-18)13-24-12-15-8-5-9-17(20(15)16)25-11-14-6-3-2-4-7-14/h2-10H,11-13H2,1H3. The molecule has 0 amide bonds. The molecule has 4 rings (SSSR count). The maximum absolute atomic E-state index is 11.9. The third-order valence-corrected chi connectivity index (χ3v) is 5.39. The maximum atomic E-state index is 11.9. The largest absolute Gasteiger partial charge is 0.488 e. The predicted octanol–water partition coefficient (Wildman–Crippen LogP) is 4.81. The monoisotopic (exact) mass is 366 g/mol. The van der Waals surface area contributed by atoms with Crippen LogP contribution in [0.1, 0.15) is 25.7 Å². The minimum absolute atomic E-state index is 0.327. The molecular formula is C21H18O4S. The van der Waals surface area contributed by atoms with Gasteiger partial charge < -0.3 is 14.2 Å². The molecule has 0 aliphatic carbocycles. The van der Waals surface area contributed by atoms with Gasteiger partial charge in [0.2, 0.25) is 0 Å². The van der Waals surface area contributed by atoms with E-state index in [1.807, 2.05) is 54.6 Å². The van der Waals surface area contributed by atoms with Crippen LogP contribution in [0.15, 0.2) is 54.6 Å². The van der Waals surface area contributed by atoms with Gasteiger partial charge in [0.1, 0.15) is 17.2 Å². The molecule has 0 N–H and O–H groups in total. The molecule has 0 spiro atoms. The molecule has 0 fully saturated rings. The molecule has 0 saturated heterocycles. The van der Waals surface area contributed by atoms with E-state index < -0.39 is 0 Å². The predicted molar refractivity (Wildman–Crippen MR) is 100 cm³/mol. The van der Waals surface area contributed by atoms with E-state index >= 15 is 0 Å². The number of carbonyl (C=O) groups excluding carboxylic acids is 1. The normalized spacial score (nSPS) is 12.7. The molecule has 2 heterocycles. The highest BCUT2D eigenvalue weighted by molar-refractivity contribution is 7.14. The molecular weight excluding hydrogens is 348 g/mol. The molecule has 2 aromatic carbocycles. The highest BCUT2D eigenvalue weighted by Crippen LogP contribution is 2.42. The fourth-order valence-corrected chi connectivity index (χ4v) is 4.08. The van der Waals surface area contributed by atoms with Gasteiger partial charge in [0.15, 0.2) is 0 Å². The molecule has 0 atom stereocenters. The average molecular weight is 366 g/mol. The zero-order valence-electron chi connectivity index (χ0n) is 14.4. The van der Waals surface area contributed by atoms with Gasteiger partial charge in [-0.15, -0.1) is 11.3 Å². The number of benzene rings is 2. The lowest BCUT2D eigenvalue weighted by molar-refractivity contribution is 0.0606. The average Bonchev–Trinajstić information content (AvgIpc) is 3.02. The summed E-state index contributed by atoms with van der Waals surface area (Å²) in [6.45, 7) is 1.48. The summed E-state index contributed by atoms with van der Waals surface area (Å²) in [6.07, 6.45) is 0. The Labute approximate surface area is 156 Å². The van der Waals surface area contributed by atoms with Gasteiger partial charge in [-0.2, -0.15) is 0 Å². The van der Waals surface area contributed by atoms with Gasteiger partial charge in [-0.25, -0.2) is 4.79 Å². The molecule has 1 aliphatic heterocycles. The number of ether oxygens (including phenoxy) is 3. The Morgan fingerprint density at radius 1 is 1.12 bits per heavy atom. The van der Waals surface area contributed by atoms with Crippen LogP contribution in [-0.2, 0) is 29.3 Å². The molecule has 4 nitrogen and oxygen atoms in total. The Kier molecular flexibility index (Phi) is 4.73. The Bertz CT molecular complexity index is 930. The van der Waals surface area contributed by atoms with E-state index in [1.165, 1.54) is 18.4 Å². The summed E-state index contributed by atoms with van der Waals surface area (Å²) in [5.41, 5.74) is 4.16. The van der Waals surface area contributed by atoms with Crippen molar-refractivity contribution in [1.82, 2.24) is 0 Å². The lowest BCUT2D eigenvalue weighted by Gasteiger charge is -2.14. The summed E-state index contributed by atoms with van der Waals surface area (Å²) in [4.78, 5) is 13.5. The van der Waals surface area contributed by atoms with Crippen LogP contribution >= 0.6 is 11.3 Å². The zero-order valence-corrected chi connectivity index (χ0v) is 15.2. The van der Waals surface area contributed by atoms with Crippen molar-refractivity contribution >= 4 is 17.3 Å². The number of esters is 1. The van der Waals surface area contributed by atoms with Gasteiger partial charge in [-0.3, -0.25) is 0 Å². The number of rotatable bonds is 4. The first kappa shape index (κ1) is 16.8. The van der Waals surface area contributed by atoms with E-state index in [2.05, 4.69) is 0 Å². The summed E-state index contributed by atoms with van der Waals surface area (Å²) >= 11 is 1.41. The second-order valence-corrected chi connectivity index (χ2v) is 7.13. The van der Waals surface area contributed by atoms with Crippen molar-refractivity contribution in [3.63, 3.8) is 0 Å². The SMILES string of the molecule is COC(=O)c1cc2c(s1)COCc1cccc(OCc3ccccc3)c1-2. The molecule has 1 aliphatic rings. The van der Waals surface area contributed by atoms with Crippen LogP contribution in [-0.4, -0.2) is 13.1 Å².